The molecule has 81 heavy (non-hydrogen) atoms. The molecule has 4 aromatic carbocycles. The lowest BCUT2D eigenvalue weighted by atomic mass is 9.62. The molecule has 6 saturated carbocycles. The van der Waals surface area contributed by atoms with Gasteiger partial charge in [0, 0.05) is 37.4 Å². The first-order valence-corrected chi connectivity index (χ1v) is 32.4. The number of unbranched alkanes of at least 4 members (excludes halogenated alkanes) is 9. The fourth-order valence-corrected chi connectivity index (χ4v) is 17.4. The van der Waals surface area contributed by atoms with Crippen molar-refractivity contribution in [2.45, 2.75) is 247 Å². The van der Waals surface area contributed by atoms with E-state index in [2.05, 4.69) is 89.1 Å². The summed E-state index contributed by atoms with van der Waals surface area (Å²) in [6.45, 7) is 8.49. The summed E-state index contributed by atoms with van der Waals surface area (Å²) in [6.07, 6.45) is 29.2. The summed E-state index contributed by atoms with van der Waals surface area (Å²) in [5.41, 5.74) is -2.17. The van der Waals surface area contributed by atoms with Crippen molar-refractivity contribution in [3.8, 4) is 34.5 Å². The second-order valence-electron chi connectivity index (χ2n) is 26.2. The minimum absolute atomic E-state index is 0.0851. The molecule has 6 fully saturated rings. The van der Waals surface area contributed by atoms with Crippen molar-refractivity contribution in [1.29, 1.82) is 0 Å². The third kappa shape index (κ3) is 9.03. The molecule has 0 unspecified atom stereocenters. The summed E-state index contributed by atoms with van der Waals surface area (Å²) in [6, 6.07) is 12.5. The van der Waals surface area contributed by atoms with Crippen molar-refractivity contribution < 1.29 is 42.8 Å². The first-order valence-electron chi connectivity index (χ1n) is 32.4. The van der Waals surface area contributed by atoms with Crippen molar-refractivity contribution in [2.75, 3.05) is 19.6 Å². The number of hydrogen-bond donors (Lipinski definition) is 6. The van der Waals surface area contributed by atoms with Crippen molar-refractivity contribution in [2.24, 2.45) is 17.8 Å². The molecule has 9 aliphatic rings. The van der Waals surface area contributed by atoms with Crippen molar-refractivity contribution in [3.63, 3.8) is 0 Å². The maximum Gasteiger partial charge on any atom is 0.315 e. The topological polar surface area (TPSA) is 179 Å². The molecule has 0 atom stereocenters. The normalized spacial score (nSPS) is 31.7. The van der Waals surface area contributed by atoms with Gasteiger partial charge in [-0.2, -0.15) is 0 Å². The van der Waals surface area contributed by atoms with Crippen molar-refractivity contribution in [3.05, 3.63) is 36.4 Å². The van der Waals surface area contributed by atoms with Crippen LogP contribution in [0.1, 0.15) is 213 Å². The molecule has 6 amide bonds. The number of hydrogen-bond acceptors (Lipinski definition) is 9. The Balaban J connectivity index is 0.908. The summed E-state index contributed by atoms with van der Waals surface area (Å²) in [4.78, 5) is 41.8. The average molecular weight is 1110 g/mol. The minimum atomic E-state index is -1.08. The number of fused-ring (bicyclic) bond motifs is 9. The quantitative estimate of drug-likeness (QED) is 0.0418. The molecule has 6 N–H and O–H groups in total. The standard InChI is InChI=1S/C66H90N6O9/c1-4-7-10-13-34-67-58(73)70-61-28-16-22-43(23-17-29-61)64(61)76-52-37-46-47(38-53(52)77-64)49-40-55-57(81-66(79-55)45-26-20-32-63(66,33-21-27-45)72-60(75)69-36-15-12-9-6-3)42-51(49)50-41-56-54(39-48(46)50)78-65(80-56)44-24-18-30-62(65,31-19-25-44)71-59(74)68-35-14-11-8-5-2/h37-45H,4-36H2,1-3H3,(H2,67,70,73)(H2,68,71,74)(H2,69,72,75). The number of ether oxygens (including phenoxy) is 6. The third-order valence-electron chi connectivity index (χ3n) is 21.2. The van der Waals surface area contributed by atoms with Crippen molar-refractivity contribution >= 4 is 50.4 Å². The van der Waals surface area contributed by atoms with Gasteiger partial charge in [-0.15, -0.1) is 0 Å². The van der Waals surface area contributed by atoms with Crippen LogP contribution in [0.25, 0.3) is 32.3 Å². The van der Waals surface area contributed by atoms with Gasteiger partial charge in [-0.25, -0.2) is 14.4 Å². The molecule has 6 aliphatic carbocycles. The third-order valence-corrected chi connectivity index (χ3v) is 21.2. The van der Waals surface area contributed by atoms with Gasteiger partial charge in [-0.1, -0.05) is 117 Å². The number of nitrogens with one attached hydrogen (secondary N) is 6. The second kappa shape index (κ2) is 21.8. The molecule has 0 aromatic heterocycles. The van der Waals surface area contributed by atoms with Gasteiger partial charge < -0.3 is 60.3 Å². The summed E-state index contributed by atoms with van der Waals surface area (Å²) in [7, 11) is 0. The minimum Gasteiger partial charge on any atom is -0.446 e. The van der Waals surface area contributed by atoms with E-state index in [-0.39, 0.29) is 35.8 Å². The Morgan fingerprint density at radius 1 is 0.358 bits per heavy atom. The van der Waals surface area contributed by atoms with E-state index in [0.717, 1.165) is 225 Å². The van der Waals surface area contributed by atoms with E-state index >= 15 is 0 Å². The predicted octanol–water partition coefficient (Wildman–Crippen LogP) is 14.4. The lowest BCUT2D eigenvalue weighted by Crippen LogP contribution is -2.75. The number of benzene rings is 4. The number of amides is 6. The van der Waals surface area contributed by atoms with E-state index in [4.69, 9.17) is 28.4 Å². The summed E-state index contributed by atoms with van der Waals surface area (Å²) in [5.74, 6) is 0.995. The fraction of sp³-hybridized carbons (Fsp3) is 0.682. The Kier molecular flexibility index (Phi) is 14.7. The molecule has 6 bridgehead atoms. The highest BCUT2D eigenvalue weighted by Gasteiger charge is 2.70. The Morgan fingerprint density at radius 2 is 0.580 bits per heavy atom. The molecule has 3 aliphatic heterocycles. The van der Waals surface area contributed by atoms with E-state index in [1.54, 1.807) is 0 Å². The van der Waals surface area contributed by atoms with Crippen molar-refractivity contribution in [1.82, 2.24) is 31.9 Å². The highest BCUT2D eigenvalue weighted by molar-refractivity contribution is 6.27. The highest BCUT2D eigenvalue weighted by Crippen LogP contribution is 2.63. The molecular weight excluding hydrogens is 1020 g/mol. The number of rotatable bonds is 18. The van der Waals surface area contributed by atoms with E-state index < -0.39 is 34.0 Å². The lowest BCUT2D eigenvalue weighted by molar-refractivity contribution is -0.222. The van der Waals surface area contributed by atoms with E-state index in [0.29, 0.717) is 54.1 Å². The van der Waals surface area contributed by atoms with Crippen LogP contribution in [0.2, 0.25) is 0 Å². The predicted molar refractivity (Wildman–Crippen MR) is 315 cm³/mol. The Morgan fingerprint density at radius 3 is 0.790 bits per heavy atom. The molecule has 3 spiro atoms. The van der Waals surface area contributed by atoms with E-state index in [1.807, 2.05) is 0 Å². The van der Waals surface area contributed by atoms with Crippen LogP contribution >= 0.6 is 0 Å². The van der Waals surface area contributed by atoms with Crippen LogP contribution in [0, 0.1) is 17.8 Å². The van der Waals surface area contributed by atoms with Gasteiger partial charge in [0.25, 0.3) is 17.4 Å². The van der Waals surface area contributed by atoms with Gasteiger partial charge in [-0.05, 0) is 165 Å². The molecule has 15 nitrogen and oxygen atoms in total. The molecular formula is C66H90N6O9. The van der Waals surface area contributed by atoms with Crippen LogP contribution < -0.4 is 60.3 Å². The Labute approximate surface area is 478 Å². The molecule has 0 radical (unpaired) electrons. The molecule has 438 valence electrons. The largest absolute Gasteiger partial charge is 0.446 e. The maximum absolute atomic E-state index is 13.9. The summed E-state index contributed by atoms with van der Waals surface area (Å²) < 4.78 is 44.3. The van der Waals surface area contributed by atoms with Gasteiger partial charge in [-0.3, -0.25) is 0 Å². The number of carbonyl (C=O) groups excluding carboxylic acids is 3. The van der Waals surface area contributed by atoms with Gasteiger partial charge >= 0.3 is 18.1 Å². The molecule has 13 rings (SSSR count). The number of urea groups is 3. The fourth-order valence-electron chi connectivity index (χ4n) is 17.4. The van der Waals surface area contributed by atoms with Crippen LogP contribution in [0.5, 0.6) is 34.5 Å². The van der Waals surface area contributed by atoms with E-state index in [1.165, 1.54) is 0 Å². The van der Waals surface area contributed by atoms with Gasteiger partial charge in [0.2, 0.25) is 0 Å². The Hall–Kier alpha value is -5.73. The van der Waals surface area contributed by atoms with Crippen LogP contribution in [-0.4, -0.2) is 71.7 Å². The van der Waals surface area contributed by atoms with Gasteiger partial charge in [0.1, 0.15) is 16.6 Å². The SMILES string of the molecule is CCCCCCNC(=O)NC12CCCC(CCC1)C21Oc2cc3c4cc5c(cc4c4cc6c(cc4c3cc2O1)OC1(O6)C2CCCC1(NC(=O)NCCCCCC)CCC2)OC1(O5)C2CCCC1(NC(=O)NCCCCCC)CCC2. The zero-order valence-electron chi connectivity index (χ0n) is 48.7. The van der Waals surface area contributed by atoms with Crippen LogP contribution in [0.15, 0.2) is 36.4 Å². The van der Waals surface area contributed by atoms with Crippen LogP contribution in [-0.2, 0) is 0 Å². The monoisotopic (exact) mass is 1110 g/mol. The molecule has 15 heteroatoms. The Bertz CT molecular complexity index is 2570. The number of carbonyl (C=O) groups is 3. The van der Waals surface area contributed by atoms with Gasteiger partial charge in [0.15, 0.2) is 34.5 Å². The highest BCUT2D eigenvalue weighted by atomic mass is 16.8. The smallest absolute Gasteiger partial charge is 0.315 e. The first-order chi connectivity index (χ1) is 39.5. The maximum atomic E-state index is 13.9. The molecule has 3 heterocycles. The van der Waals surface area contributed by atoms with Crippen LogP contribution in [0.4, 0.5) is 14.4 Å². The molecule has 0 saturated heterocycles. The molecule has 4 aromatic rings. The lowest BCUT2D eigenvalue weighted by Gasteiger charge is -2.56. The van der Waals surface area contributed by atoms with E-state index in [9.17, 15) is 14.4 Å². The average Bonchev–Trinajstić information content (AvgIpc) is 2.49. The van der Waals surface area contributed by atoms with Gasteiger partial charge in [0.05, 0.1) is 0 Å². The summed E-state index contributed by atoms with van der Waals surface area (Å²) >= 11 is 0. The summed E-state index contributed by atoms with van der Waals surface area (Å²) in [5, 5.41) is 25.9. The first kappa shape index (κ1) is 54.5. The zero-order chi connectivity index (χ0) is 55.5. The zero-order valence-corrected chi connectivity index (χ0v) is 48.7. The van der Waals surface area contributed by atoms with Crippen LogP contribution in [0.3, 0.4) is 0 Å². The second-order valence-corrected chi connectivity index (χ2v) is 26.2.